The van der Waals surface area contributed by atoms with Crippen LogP contribution in [0.5, 0.6) is 0 Å². The first-order valence-corrected chi connectivity index (χ1v) is 7.74. The molecular weight excluding hydrogens is 272 g/mol. The van der Waals surface area contributed by atoms with E-state index in [1.807, 2.05) is 36.1 Å². The molecule has 2 unspecified atom stereocenters. The largest absolute Gasteiger partial charge is 0.337 e. The first-order valence-electron chi connectivity index (χ1n) is 7.36. The molecule has 1 aromatic rings. The Hall–Kier alpha value is -1.06. The van der Waals surface area contributed by atoms with Crippen LogP contribution in [0.1, 0.15) is 32.3 Å². The van der Waals surface area contributed by atoms with Crippen molar-refractivity contribution in [1.29, 1.82) is 0 Å². The van der Waals surface area contributed by atoms with Crippen molar-refractivity contribution >= 4 is 17.5 Å². The Bertz CT molecular complexity index is 464. The second kappa shape index (κ2) is 7.09. The van der Waals surface area contributed by atoms with Gasteiger partial charge in [0, 0.05) is 18.1 Å². The van der Waals surface area contributed by atoms with Gasteiger partial charge in [-0.25, -0.2) is 0 Å². The van der Waals surface area contributed by atoms with Crippen molar-refractivity contribution in [1.82, 2.24) is 10.2 Å². The summed E-state index contributed by atoms with van der Waals surface area (Å²) < 4.78 is 0. The number of carbonyl (C=O) groups excluding carboxylic acids is 1. The molecule has 1 aliphatic heterocycles. The van der Waals surface area contributed by atoms with E-state index in [9.17, 15) is 4.79 Å². The summed E-state index contributed by atoms with van der Waals surface area (Å²) >= 11 is 6.00. The van der Waals surface area contributed by atoms with Gasteiger partial charge in [-0.05, 0) is 49.9 Å². The van der Waals surface area contributed by atoms with E-state index >= 15 is 0 Å². The second-order valence-electron chi connectivity index (χ2n) is 5.62. The number of carbonyl (C=O) groups is 1. The SMILES string of the molecule is CCN(Cc1cccc(Cl)c1)C(=O)C1CC(C)CCN1. The van der Waals surface area contributed by atoms with Crippen molar-refractivity contribution < 1.29 is 4.79 Å². The van der Waals surface area contributed by atoms with Gasteiger partial charge in [-0.2, -0.15) is 0 Å². The Morgan fingerprint density at radius 1 is 1.50 bits per heavy atom. The summed E-state index contributed by atoms with van der Waals surface area (Å²) in [5.74, 6) is 0.828. The van der Waals surface area contributed by atoms with E-state index < -0.39 is 0 Å². The van der Waals surface area contributed by atoms with Crippen LogP contribution in [-0.2, 0) is 11.3 Å². The van der Waals surface area contributed by atoms with Gasteiger partial charge in [0.15, 0.2) is 0 Å². The molecule has 2 rings (SSSR count). The first kappa shape index (κ1) is 15.3. The van der Waals surface area contributed by atoms with E-state index in [0.717, 1.165) is 36.5 Å². The summed E-state index contributed by atoms with van der Waals surface area (Å²) in [6, 6.07) is 7.69. The van der Waals surface area contributed by atoms with Crippen molar-refractivity contribution in [3.8, 4) is 0 Å². The van der Waals surface area contributed by atoms with Crippen LogP contribution >= 0.6 is 11.6 Å². The predicted octanol–water partition coefficient (Wildman–Crippen LogP) is 3.08. The maximum Gasteiger partial charge on any atom is 0.240 e. The van der Waals surface area contributed by atoms with Crippen LogP contribution in [0.25, 0.3) is 0 Å². The Balaban J connectivity index is 2.02. The molecule has 0 radical (unpaired) electrons. The molecule has 1 fully saturated rings. The van der Waals surface area contributed by atoms with Gasteiger partial charge in [0.2, 0.25) is 5.91 Å². The summed E-state index contributed by atoms with van der Waals surface area (Å²) in [7, 11) is 0. The molecule has 0 saturated carbocycles. The molecular formula is C16H23ClN2O. The minimum atomic E-state index is -0.0297. The summed E-state index contributed by atoms with van der Waals surface area (Å²) in [5, 5.41) is 4.06. The highest BCUT2D eigenvalue weighted by molar-refractivity contribution is 6.30. The van der Waals surface area contributed by atoms with Gasteiger partial charge in [0.1, 0.15) is 0 Å². The lowest BCUT2D eigenvalue weighted by Crippen LogP contribution is -2.49. The normalized spacial score (nSPS) is 22.6. The summed E-state index contributed by atoms with van der Waals surface area (Å²) in [6.07, 6.45) is 2.09. The van der Waals surface area contributed by atoms with Crippen LogP contribution in [0.2, 0.25) is 5.02 Å². The maximum absolute atomic E-state index is 12.6. The van der Waals surface area contributed by atoms with Crippen LogP contribution in [0.15, 0.2) is 24.3 Å². The van der Waals surface area contributed by atoms with Gasteiger partial charge in [0.25, 0.3) is 0 Å². The fourth-order valence-electron chi connectivity index (χ4n) is 2.72. The van der Waals surface area contributed by atoms with E-state index in [1.165, 1.54) is 0 Å². The van der Waals surface area contributed by atoms with Gasteiger partial charge in [-0.15, -0.1) is 0 Å². The number of hydrogen-bond donors (Lipinski definition) is 1. The smallest absolute Gasteiger partial charge is 0.240 e. The van der Waals surface area contributed by atoms with Gasteiger partial charge >= 0.3 is 0 Å². The molecule has 0 bridgehead atoms. The van der Waals surface area contributed by atoms with E-state index in [-0.39, 0.29) is 11.9 Å². The van der Waals surface area contributed by atoms with E-state index in [4.69, 9.17) is 11.6 Å². The minimum Gasteiger partial charge on any atom is -0.337 e. The van der Waals surface area contributed by atoms with Crippen LogP contribution in [-0.4, -0.2) is 29.9 Å². The highest BCUT2D eigenvalue weighted by atomic mass is 35.5. The maximum atomic E-state index is 12.6. The monoisotopic (exact) mass is 294 g/mol. The van der Waals surface area contributed by atoms with Crippen molar-refractivity contribution in [2.24, 2.45) is 5.92 Å². The summed E-state index contributed by atoms with van der Waals surface area (Å²) in [5.41, 5.74) is 1.08. The zero-order valence-electron chi connectivity index (χ0n) is 12.2. The second-order valence-corrected chi connectivity index (χ2v) is 6.06. The molecule has 2 atom stereocenters. The molecule has 1 aliphatic rings. The number of likely N-dealkylation sites (N-methyl/N-ethyl adjacent to an activating group) is 1. The number of hydrogen-bond acceptors (Lipinski definition) is 2. The molecule has 3 nitrogen and oxygen atoms in total. The Kier molecular flexibility index (Phi) is 5.44. The molecule has 1 amide bonds. The minimum absolute atomic E-state index is 0.0297. The topological polar surface area (TPSA) is 32.3 Å². The summed E-state index contributed by atoms with van der Waals surface area (Å²) in [4.78, 5) is 14.5. The standard InChI is InChI=1S/C16H23ClN2O/c1-3-19(11-13-5-4-6-14(17)10-13)16(20)15-9-12(2)7-8-18-15/h4-6,10,12,15,18H,3,7-9,11H2,1-2H3. The molecule has 20 heavy (non-hydrogen) atoms. The number of nitrogens with zero attached hydrogens (tertiary/aromatic N) is 1. The quantitative estimate of drug-likeness (QED) is 0.925. The Morgan fingerprint density at radius 2 is 2.30 bits per heavy atom. The third-order valence-corrected chi connectivity index (χ3v) is 4.15. The average molecular weight is 295 g/mol. The van der Waals surface area contributed by atoms with Gasteiger partial charge in [-0.1, -0.05) is 30.7 Å². The van der Waals surface area contributed by atoms with Crippen molar-refractivity contribution in [3.05, 3.63) is 34.9 Å². The van der Waals surface area contributed by atoms with Crippen molar-refractivity contribution in [2.75, 3.05) is 13.1 Å². The zero-order valence-corrected chi connectivity index (χ0v) is 13.0. The van der Waals surface area contributed by atoms with Crippen LogP contribution in [0.4, 0.5) is 0 Å². The zero-order chi connectivity index (χ0) is 14.5. The van der Waals surface area contributed by atoms with E-state index in [2.05, 4.69) is 12.2 Å². The number of rotatable bonds is 4. The predicted molar refractivity (Wildman–Crippen MR) is 82.7 cm³/mol. The Labute approximate surface area is 126 Å². The molecule has 1 aromatic carbocycles. The van der Waals surface area contributed by atoms with Gasteiger partial charge in [-0.3, -0.25) is 4.79 Å². The third kappa shape index (κ3) is 3.97. The number of piperidine rings is 1. The first-order chi connectivity index (χ1) is 9.60. The van der Waals surface area contributed by atoms with Crippen LogP contribution in [0.3, 0.4) is 0 Å². The fraction of sp³-hybridized carbons (Fsp3) is 0.562. The lowest BCUT2D eigenvalue weighted by Gasteiger charge is -2.32. The van der Waals surface area contributed by atoms with Crippen LogP contribution < -0.4 is 5.32 Å². The molecule has 0 aromatic heterocycles. The van der Waals surface area contributed by atoms with Crippen molar-refractivity contribution in [2.45, 2.75) is 39.3 Å². The lowest BCUT2D eigenvalue weighted by molar-refractivity contribution is -0.134. The van der Waals surface area contributed by atoms with Crippen molar-refractivity contribution in [3.63, 3.8) is 0 Å². The molecule has 0 spiro atoms. The fourth-order valence-corrected chi connectivity index (χ4v) is 2.93. The number of nitrogens with one attached hydrogen (secondary N) is 1. The molecule has 1 saturated heterocycles. The highest BCUT2D eigenvalue weighted by Gasteiger charge is 2.27. The molecule has 1 N–H and O–H groups in total. The molecule has 110 valence electrons. The number of halogens is 1. The third-order valence-electron chi connectivity index (χ3n) is 3.92. The van der Waals surface area contributed by atoms with E-state index in [1.54, 1.807) is 0 Å². The molecule has 0 aliphatic carbocycles. The van der Waals surface area contributed by atoms with Gasteiger partial charge < -0.3 is 10.2 Å². The highest BCUT2D eigenvalue weighted by Crippen LogP contribution is 2.18. The van der Waals surface area contributed by atoms with E-state index in [0.29, 0.717) is 12.5 Å². The number of amides is 1. The lowest BCUT2D eigenvalue weighted by atomic mass is 9.93. The van der Waals surface area contributed by atoms with Crippen LogP contribution in [0, 0.1) is 5.92 Å². The average Bonchev–Trinajstić information content (AvgIpc) is 2.44. The number of benzene rings is 1. The summed E-state index contributed by atoms with van der Waals surface area (Å²) in [6.45, 7) is 6.52. The molecule has 4 heteroatoms. The van der Waals surface area contributed by atoms with Gasteiger partial charge in [0.05, 0.1) is 6.04 Å². The Morgan fingerprint density at radius 3 is 2.95 bits per heavy atom. The molecule has 1 heterocycles.